The van der Waals surface area contributed by atoms with E-state index in [1.54, 1.807) is 16.9 Å². The predicted molar refractivity (Wildman–Crippen MR) is 164 cm³/mol. The van der Waals surface area contributed by atoms with E-state index in [0.717, 1.165) is 32.7 Å². The van der Waals surface area contributed by atoms with Gasteiger partial charge in [0.15, 0.2) is 17.0 Å². The molecule has 5 heterocycles. The molecule has 15 nitrogen and oxygen atoms in total. The molecule has 0 bridgehead atoms. The average Bonchev–Trinajstić information content (AvgIpc) is 3.63. The number of amides is 2. The number of β-lactam (4-membered cyclic amide) rings is 1. The maximum absolute atomic E-state index is 13.3. The van der Waals surface area contributed by atoms with E-state index in [4.69, 9.17) is 21.6 Å². The van der Waals surface area contributed by atoms with Crippen LogP contribution in [0.25, 0.3) is 5.65 Å². The number of nitrogens with one attached hydrogen (secondary N) is 1. The minimum Gasteiger partial charge on any atom is -0.543 e. The van der Waals surface area contributed by atoms with Gasteiger partial charge < -0.3 is 31.5 Å². The van der Waals surface area contributed by atoms with Crippen molar-refractivity contribution in [1.29, 1.82) is 5.26 Å². The van der Waals surface area contributed by atoms with Crippen LogP contribution in [0.3, 0.4) is 0 Å². The number of fused-ring (bicyclic) bond motifs is 2. The number of imidazole rings is 1. The van der Waals surface area contributed by atoms with Crippen molar-refractivity contribution in [2.75, 3.05) is 41.9 Å². The third kappa shape index (κ3) is 6.78. The Bertz CT molecular complexity index is 1680. The average molecular weight is 675 g/mol. The number of rotatable bonds is 14. The number of aromatic nitrogens is 4. The fourth-order valence-corrected chi connectivity index (χ4v) is 7.43. The Labute approximate surface area is 267 Å². The summed E-state index contributed by atoms with van der Waals surface area (Å²) in [5, 5.41) is 34.0. The monoisotopic (exact) mass is 674 g/mol. The van der Waals surface area contributed by atoms with E-state index in [-0.39, 0.29) is 35.4 Å². The number of carboxylic acid groups (broad SMARTS) is 1. The van der Waals surface area contributed by atoms with Crippen LogP contribution < -0.4 is 26.5 Å². The van der Waals surface area contributed by atoms with Gasteiger partial charge in [-0.15, -0.1) is 51.1 Å². The van der Waals surface area contributed by atoms with E-state index in [9.17, 15) is 19.5 Å². The topological polar surface area (TPSA) is 221 Å². The number of hydrogen-bond acceptors (Lipinski definition) is 15. The second kappa shape index (κ2) is 14.3. The summed E-state index contributed by atoms with van der Waals surface area (Å²) in [7, 11) is 0. The lowest BCUT2D eigenvalue weighted by Crippen LogP contribution is -2.71. The molecule has 19 heteroatoms. The van der Waals surface area contributed by atoms with Crippen molar-refractivity contribution in [3.05, 3.63) is 46.9 Å². The van der Waals surface area contributed by atoms with Gasteiger partial charge in [0.05, 0.1) is 23.5 Å². The molecule has 2 aliphatic rings. The minimum atomic E-state index is -1.48. The first kappa shape index (κ1) is 31.6. The highest BCUT2D eigenvalue weighted by atomic mass is 32.2. The van der Waals surface area contributed by atoms with E-state index in [1.165, 1.54) is 40.7 Å². The quantitative estimate of drug-likeness (QED) is 0.0457. The maximum Gasteiger partial charge on any atom is 0.307 e. The van der Waals surface area contributed by atoms with Crippen molar-refractivity contribution in [2.24, 2.45) is 10.9 Å². The van der Waals surface area contributed by atoms with Gasteiger partial charge in [-0.05, 0) is 6.07 Å². The van der Waals surface area contributed by atoms with Gasteiger partial charge in [0.25, 0.3) is 11.8 Å². The summed E-state index contributed by atoms with van der Waals surface area (Å²) in [5.74, 6) is -1.00. The number of aliphatic carboxylic acids is 1. The second-order valence-corrected chi connectivity index (χ2v) is 13.4. The van der Waals surface area contributed by atoms with Gasteiger partial charge in [-0.3, -0.25) is 14.5 Å². The highest BCUT2D eigenvalue weighted by Gasteiger charge is 2.53. The van der Waals surface area contributed by atoms with Crippen LogP contribution in [-0.4, -0.2) is 90.6 Å². The number of carbonyl (C=O) groups is 3. The van der Waals surface area contributed by atoms with Crippen LogP contribution in [0.4, 0.5) is 5.13 Å². The Kier molecular flexibility index (Phi) is 10.3. The first-order valence-corrected chi connectivity index (χ1v) is 17.1. The van der Waals surface area contributed by atoms with Crippen LogP contribution in [0.15, 0.2) is 51.4 Å². The Morgan fingerprint density at radius 3 is 2.93 bits per heavy atom. The summed E-state index contributed by atoms with van der Waals surface area (Å²) in [5.41, 5.74) is 12.3. The van der Waals surface area contributed by atoms with E-state index in [0.29, 0.717) is 29.4 Å². The van der Waals surface area contributed by atoms with Gasteiger partial charge in [-0.25, -0.2) is 9.55 Å². The predicted octanol–water partition coefficient (Wildman–Crippen LogP) is -1.21. The van der Waals surface area contributed by atoms with Crippen LogP contribution in [0.2, 0.25) is 0 Å². The Balaban J connectivity index is 1.30. The van der Waals surface area contributed by atoms with Gasteiger partial charge in [0.2, 0.25) is 0 Å². The number of thioether (sulfide) groups is 3. The standard InChI is InChI=1S/C25H26N10O5S4/c26-3-8-41-10-7-40-32-18(15-13-44-25(28)29-15)21(36)30-19-22(37)35-20(24(38)39)14(12-43-23(19)35)11-33-5-6-34-17(33)2-1-16(31-34)42-9-4-27/h1-2,5-6,13,19,23H,4,7-12,27H2,(H3-,28,29,30,36,38,39)/b32-18-/t19-,23-/m1/s1. The number of carbonyl (C=O) groups excluding carboxylic acids is 3. The molecule has 3 aromatic rings. The van der Waals surface area contributed by atoms with Gasteiger partial charge in [-0.1, -0.05) is 10.3 Å². The molecule has 3 aromatic heterocycles. The zero-order valence-corrected chi connectivity index (χ0v) is 26.2. The first-order chi connectivity index (χ1) is 21.3. The van der Waals surface area contributed by atoms with E-state index < -0.39 is 29.2 Å². The Morgan fingerprint density at radius 1 is 1.36 bits per heavy atom. The highest BCUT2D eigenvalue weighted by Crippen LogP contribution is 2.40. The fourth-order valence-electron chi connectivity index (χ4n) is 4.48. The number of anilines is 1. The van der Waals surface area contributed by atoms with Crippen LogP contribution in [0, 0.1) is 11.3 Å². The number of nitrogens with two attached hydrogens (primary N) is 2. The summed E-state index contributed by atoms with van der Waals surface area (Å²) < 4.78 is 3.54. The number of carboxylic acids is 1. The van der Waals surface area contributed by atoms with Gasteiger partial charge in [0.1, 0.15) is 41.5 Å². The van der Waals surface area contributed by atoms with Gasteiger partial charge in [0, 0.05) is 40.8 Å². The van der Waals surface area contributed by atoms with E-state index >= 15 is 0 Å². The number of nitrogen functional groups attached to an aromatic ring is 1. The molecule has 2 atom stereocenters. The molecule has 5 N–H and O–H groups in total. The van der Waals surface area contributed by atoms with Crippen molar-refractivity contribution in [3.63, 3.8) is 0 Å². The summed E-state index contributed by atoms with van der Waals surface area (Å²) in [4.78, 5) is 49.3. The third-order valence-corrected chi connectivity index (χ3v) is 10.1. The van der Waals surface area contributed by atoms with Crippen molar-refractivity contribution >= 4 is 80.9 Å². The van der Waals surface area contributed by atoms with Crippen LogP contribution in [-0.2, 0) is 25.8 Å². The Hall–Kier alpha value is -3.83. The highest BCUT2D eigenvalue weighted by molar-refractivity contribution is 8.00. The molecule has 230 valence electrons. The smallest absolute Gasteiger partial charge is 0.307 e. The lowest BCUT2D eigenvalue weighted by Gasteiger charge is -2.50. The molecular weight excluding hydrogens is 649 g/mol. The molecule has 0 aromatic carbocycles. The summed E-state index contributed by atoms with van der Waals surface area (Å²) in [6.07, 6.45) is 3.55. The molecule has 0 saturated carbocycles. The molecule has 2 aliphatic heterocycles. The summed E-state index contributed by atoms with van der Waals surface area (Å²) >= 11 is 5.32. The van der Waals surface area contributed by atoms with Crippen LogP contribution in [0.1, 0.15) is 5.69 Å². The lowest BCUT2D eigenvalue weighted by molar-refractivity contribution is -0.662. The lowest BCUT2D eigenvalue weighted by atomic mass is 10.0. The normalized spacial score (nSPS) is 18.1. The van der Waals surface area contributed by atoms with Crippen LogP contribution in [0.5, 0.6) is 0 Å². The molecule has 1 fully saturated rings. The van der Waals surface area contributed by atoms with Gasteiger partial charge >= 0.3 is 5.65 Å². The largest absolute Gasteiger partial charge is 0.543 e. The van der Waals surface area contributed by atoms with E-state index in [1.807, 2.05) is 22.8 Å². The number of nitrogens with zero attached hydrogens (tertiary/aromatic N) is 7. The zero-order chi connectivity index (χ0) is 31.2. The van der Waals surface area contributed by atoms with Crippen molar-refractivity contribution in [2.45, 2.75) is 23.0 Å². The number of oxime groups is 1. The number of thiazole rings is 1. The molecule has 5 rings (SSSR count). The maximum atomic E-state index is 13.3. The first-order valence-electron chi connectivity index (χ1n) is 13.1. The molecule has 1 saturated heterocycles. The van der Waals surface area contributed by atoms with E-state index in [2.05, 4.69) is 20.6 Å². The molecule has 0 unspecified atom stereocenters. The molecule has 0 aliphatic carbocycles. The summed E-state index contributed by atoms with van der Waals surface area (Å²) in [6, 6.07) is 4.75. The molecule has 0 radical (unpaired) electrons. The van der Waals surface area contributed by atoms with Crippen molar-refractivity contribution in [1.82, 2.24) is 24.8 Å². The van der Waals surface area contributed by atoms with Crippen molar-refractivity contribution < 1.29 is 28.9 Å². The fraction of sp³-hybridized carbons (Fsp3) is 0.360. The molecule has 2 amide bonds. The third-order valence-electron chi connectivity index (χ3n) is 6.38. The zero-order valence-electron chi connectivity index (χ0n) is 23.0. The van der Waals surface area contributed by atoms with Crippen LogP contribution >= 0.6 is 46.6 Å². The number of nitriles is 1. The van der Waals surface area contributed by atoms with Gasteiger partial charge in [-0.2, -0.15) is 5.26 Å². The number of hydrogen-bond donors (Lipinski definition) is 3. The minimum absolute atomic E-state index is 0.138. The SMILES string of the molecule is N#CCSCCO/N=C(\C(=O)N[C@@H]1C(=O)N2C(C(=O)[O-])=C(C[n+]3ccn4nc(SCCN)ccc43)CS[C@H]12)c1csc(N)n1. The molecular formula is C25H26N10O5S4. The molecule has 44 heavy (non-hydrogen) atoms. The second-order valence-electron chi connectivity index (χ2n) is 9.19. The summed E-state index contributed by atoms with van der Waals surface area (Å²) in [6.45, 7) is 0.867. The van der Waals surface area contributed by atoms with Crippen molar-refractivity contribution in [3.8, 4) is 6.07 Å². The molecule has 0 spiro atoms. The Morgan fingerprint density at radius 2 is 2.20 bits per heavy atom.